The molecule has 0 N–H and O–H groups in total. The fraction of sp³-hybridized carbons (Fsp3) is 0.409. The fourth-order valence-electron chi connectivity index (χ4n) is 2.97. The molecule has 5 nitrogen and oxygen atoms in total. The molecule has 31 heavy (non-hydrogen) atoms. The molecule has 0 radical (unpaired) electrons. The Hall–Kier alpha value is -2.45. The molecule has 2 aromatic carbocycles. The summed E-state index contributed by atoms with van der Waals surface area (Å²) in [6, 6.07) is 7.64. The van der Waals surface area contributed by atoms with Gasteiger partial charge in [0, 0.05) is 25.3 Å². The van der Waals surface area contributed by atoms with E-state index in [0.717, 1.165) is 37.8 Å². The second kappa shape index (κ2) is 10.7. The number of carbonyl (C=O) groups is 1. The molecule has 0 aliphatic rings. The van der Waals surface area contributed by atoms with Crippen molar-refractivity contribution >= 4 is 23.2 Å². The van der Waals surface area contributed by atoms with E-state index in [2.05, 4.69) is 18.7 Å². The Labute approximate surface area is 185 Å². The molecule has 0 aliphatic heterocycles. The van der Waals surface area contributed by atoms with Gasteiger partial charge < -0.3 is 19.3 Å². The van der Waals surface area contributed by atoms with Crippen molar-refractivity contribution in [2.24, 2.45) is 0 Å². The van der Waals surface area contributed by atoms with Crippen molar-refractivity contribution < 1.29 is 27.4 Å². The van der Waals surface area contributed by atoms with Gasteiger partial charge in [-0.15, -0.1) is 0 Å². The molecule has 1 amide bonds. The summed E-state index contributed by atoms with van der Waals surface area (Å²) in [5.74, 6) is 0.429. The van der Waals surface area contributed by atoms with Gasteiger partial charge in [-0.1, -0.05) is 25.4 Å². The van der Waals surface area contributed by atoms with Gasteiger partial charge in [0.1, 0.15) is 6.61 Å². The Morgan fingerprint density at radius 2 is 1.74 bits per heavy atom. The van der Waals surface area contributed by atoms with Crippen LogP contribution in [0.2, 0.25) is 5.02 Å². The number of ether oxygens (including phenoxy) is 2. The summed E-state index contributed by atoms with van der Waals surface area (Å²) >= 11 is 5.96. The Bertz CT molecular complexity index is 902. The van der Waals surface area contributed by atoms with Gasteiger partial charge in [0.15, 0.2) is 11.5 Å². The number of hydrogen-bond donors (Lipinski definition) is 0. The van der Waals surface area contributed by atoms with Crippen LogP contribution in [0.25, 0.3) is 0 Å². The van der Waals surface area contributed by atoms with Crippen molar-refractivity contribution in [2.75, 3.05) is 45.3 Å². The second-order valence-electron chi connectivity index (χ2n) is 6.77. The monoisotopic (exact) mass is 458 g/mol. The largest absolute Gasteiger partial charge is 0.493 e. The topological polar surface area (TPSA) is 42.0 Å². The third-order valence-electron chi connectivity index (χ3n) is 4.93. The van der Waals surface area contributed by atoms with E-state index >= 15 is 0 Å². The fourth-order valence-corrected chi connectivity index (χ4v) is 3.23. The highest BCUT2D eigenvalue weighted by atomic mass is 35.5. The number of alkyl halides is 3. The lowest BCUT2D eigenvalue weighted by molar-refractivity contribution is -0.137. The van der Waals surface area contributed by atoms with Gasteiger partial charge in [0.05, 0.1) is 23.3 Å². The first-order valence-electron chi connectivity index (χ1n) is 9.80. The predicted octanol–water partition coefficient (Wildman–Crippen LogP) is 5.36. The van der Waals surface area contributed by atoms with E-state index in [9.17, 15) is 18.0 Å². The van der Waals surface area contributed by atoms with Crippen LogP contribution in [0.1, 0.15) is 29.8 Å². The van der Waals surface area contributed by atoms with Crippen LogP contribution < -0.4 is 14.4 Å². The van der Waals surface area contributed by atoms with Crippen molar-refractivity contribution in [1.82, 2.24) is 4.90 Å². The number of amides is 1. The number of nitrogens with zero attached hydrogens (tertiary/aromatic N) is 2. The molecular weight excluding hydrogens is 433 g/mol. The van der Waals surface area contributed by atoms with Crippen molar-refractivity contribution in [1.29, 1.82) is 0 Å². The number of benzene rings is 2. The summed E-state index contributed by atoms with van der Waals surface area (Å²) in [5, 5.41) is -0.269. The lowest BCUT2D eigenvalue weighted by Gasteiger charge is -2.21. The Morgan fingerprint density at radius 3 is 2.29 bits per heavy atom. The van der Waals surface area contributed by atoms with Gasteiger partial charge in [-0.25, -0.2) is 0 Å². The maximum Gasteiger partial charge on any atom is 0.416 e. The lowest BCUT2D eigenvalue weighted by atomic mass is 10.1. The lowest BCUT2D eigenvalue weighted by Crippen LogP contribution is -2.28. The molecule has 170 valence electrons. The number of halogens is 4. The van der Waals surface area contributed by atoms with Gasteiger partial charge in [-0.3, -0.25) is 4.79 Å². The van der Waals surface area contributed by atoms with Gasteiger partial charge in [0.25, 0.3) is 5.91 Å². The maximum atomic E-state index is 12.8. The highest BCUT2D eigenvalue weighted by Crippen LogP contribution is 2.34. The third kappa shape index (κ3) is 6.27. The van der Waals surface area contributed by atoms with Crippen LogP contribution in [0.5, 0.6) is 11.5 Å². The van der Waals surface area contributed by atoms with Crippen LogP contribution >= 0.6 is 11.6 Å². The summed E-state index contributed by atoms with van der Waals surface area (Å²) in [4.78, 5) is 16.3. The van der Waals surface area contributed by atoms with Crippen LogP contribution in [0, 0.1) is 0 Å². The zero-order valence-corrected chi connectivity index (χ0v) is 18.7. The Balaban J connectivity index is 2.18. The highest BCUT2D eigenvalue weighted by molar-refractivity contribution is 6.34. The van der Waals surface area contributed by atoms with Crippen LogP contribution in [0.15, 0.2) is 36.4 Å². The normalized spacial score (nSPS) is 11.5. The predicted molar refractivity (Wildman–Crippen MR) is 115 cm³/mol. The molecule has 0 aromatic heterocycles. The highest BCUT2D eigenvalue weighted by Gasteiger charge is 2.31. The van der Waals surface area contributed by atoms with Gasteiger partial charge in [-0.05, 0) is 43.4 Å². The van der Waals surface area contributed by atoms with Crippen molar-refractivity contribution in [3.05, 3.63) is 52.5 Å². The number of anilines is 1. The maximum absolute atomic E-state index is 12.8. The smallest absolute Gasteiger partial charge is 0.416 e. The van der Waals surface area contributed by atoms with Crippen LogP contribution in [0.4, 0.5) is 18.9 Å². The number of likely N-dealkylation sites (N-methyl/N-ethyl adjacent to an activating group) is 1. The molecule has 0 fully saturated rings. The molecule has 0 bridgehead atoms. The molecular formula is C22H26ClF3N2O3. The van der Waals surface area contributed by atoms with E-state index in [-0.39, 0.29) is 10.6 Å². The minimum Gasteiger partial charge on any atom is -0.493 e. The third-order valence-corrected chi connectivity index (χ3v) is 5.24. The zero-order valence-electron chi connectivity index (χ0n) is 17.9. The van der Waals surface area contributed by atoms with Crippen LogP contribution in [-0.2, 0) is 6.18 Å². The summed E-state index contributed by atoms with van der Waals surface area (Å²) in [6.45, 7) is 7.25. The van der Waals surface area contributed by atoms with Crippen LogP contribution in [-0.4, -0.2) is 51.2 Å². The van der Waals surface area contributed by atoms with E-state index in [1.807, 2.05) is 0 Å². The number of rotatable bonds is 9. The number of carbonyl (C=O) groups excluding carboxylic acids is 1. The van der Waals surface area contributed by atoms with E-state index in [1.165, 1.54) is 19.1 Å². The van der Waals surface area contributed by atoms with Crippen LogP contribution in [0.3, 0.4) is 0 Å². The summed E-state index contributed by atoms with van der Waals surface area (Å²) in [7, 11) is 3.00. The molecule has 0 saturated carbocycles. The molecule has 2 rings (SSSR count). The second-order valence-corrected chi connectivity index (χ2v) is 7.17. The standard InChI is InChI=1S/C22H26ClF3N2O3/c1-5-28(6-2)11-12-31-19-10-8-16(14-20(19)30-4)27(3)21(29)17-9-7-15(13-18(17)23)22(24,25)26/h7-10,13-14H,5-6,11-12H2,1-4H3. The average Bonchev–Trinajstić information content (AvgIpc) is 2.75. The molecule has 9 heteroatoms. The molecule has 0 atom stereocenters. The molecule has 0 aliphatic carbocycles. The van der Waals surface area contributed by atoms with E-state index in [0.29, 0.717) is 23.8 Å². The van der Waals surface area contributed by atoms with E-state index in [1.54, 1.807) is 18.2 Å². The SMILES string of the molecule is CCN(CC)CCOc1ccc(N(C)C(=O)c2ccc(C(F)(F)F)cc2Cl)cc1OC. The molecule has 2 aromatic rings. The Kier molecular flexibility index (Phi) is 8.59. The Morgan fingerprint density at radius 1 is 1.06 bits per heavy atom. The molecule has 0 spiro atoms. The number of methoxy groups -OCH3 is 1. The van der Waals surface area contributed by atoms with Gasteiger partial charge in [-0.2, -0.15) is 13.2 Å². The summed E-state index contributed by atoms with van der Waals surface area (Å²) in [6.07, 6.45) is -4.54. The first-order chi connectivity index (χ1) is 14.6. The van der Waals surface area contributed by atoms with Crippen molar-refractivity contribution in [2.45, 2.75) is 20.0 Å². The van der Waals surface area contributed by atoms with E-state index in [4.69, 9.17) is 21.1 Å². The molecule has 0 saturated heterocycles. The summed E-state index contributed by atoms with van der Waals surface area (Å²) < 4.78 is 49.7. The number of hydrogen-bond acceptors (Lipinski definition) is 4. The molecule has 0 unspecified atom stereocenters. The molecule has 0 heterocycles. The van der Waals surface area contributed by atoms with Gasteiger partial charge >= 0.3 is 6.18 Å². The first-order valence-corrected chi connectivity index (χ1v) is 10.2. The minimum absolute atomic E-state index is 0.0318. The summed E-state index contributed by atoms with van der Waals surface area (Å²) in [5.41, 5.74) is -0.464. The average molecular weight is 459 g/mol. The van der Waals surface area contributed by atoms with Crippen molar-refractivity contribution in [3.8, 4) is 11.5 Å². The van der Waals surface area contributed by atoms with Crippen molar-refractivity contribution in [3.63, 3.8) is 0 Å². The minimum atomic E-state index is -4.54. The quantitative estimate of drug-likeness (QED) is 0.507. The van der Waals surface area contributed by atoms with E-state index < -0.39 is 17.6 Å². The zero-order chi connectivity index (χ0) is 23.2. The first kappa shape index (κ1) is 24.8. The van der Waals surface area contributed by atoms with Gasteiger partial charge in [0.2, 0.25) is 0 Å².